The van der Waals surface area contributed by atoms with Crippen molar-refractivity contribution in [2.24, 2.45) is 0 Å². The third kappa shape index (κ3) is 2.98. The van der Waals surface area contributed by atoms with Gasteiger partial charge in [-0.2, -0.15) is 0 Å². The molecule has 25 heavy (non-hydrogen) atoms. The minimum absolute atomic E-state index is 0.0116. The van der Waals surface area contributed by atoms with E-state index in [1.807, 2.05) is 20.0 Å². The van der Waals surface area contributed by atoms with E-state index >= 15 is 0 Å². The third-order valence-electron chi connectivity index (χ3n) is 4.84. The summed E-state index contributed by atoms with van der Waals surface area (Å²) >= 11 is 0. The molecule has 0 unspecified atom stereocenters. The molecule has 5 nitrogen and oxygen atoms in total. The predicted octanol–water partition coefficient (Wildman–Crippen LogP) is 3.07. The van der Waals surface area contributed by atoms with Crippen LogP contribution in [0.1, 0.15) is 42.4 Å². The normalized spacial score (nSPS) is 15.0. The van der Waals surface area contributed by atoms with Crippen LogP contribution in [0.4, 0.5) is 4.39 Å². The maximum absolute atomic E-state index is 13.6. The molecule has 0 fully saturated rings. The highest BCUT2D eigenvalue weighted by molar-refractivity contribution is 5.83. The van der Waals surface area contributed by atoms with Crippen LogP contribution in [0.15, 0.2) is 29.2 Å². The molecule has 0 saturated heterocycles. The van der Waals surface area contributed by atoms with Crippen LogP contribution in [0.25, 0.3) is 10.9 Å². The maximum atomic E-state index is 13.6. The van der Waals surface area contributed by atoms with E-state index in [1.54, 1.807) is 12.1 Å². The predicted molar refractivity (Wildman–Crippen MR) is 95.0 cm³/mol. The average Bonchev–Trinajstić information content (AvgIpc) is 2.96. The molecule has 0 bridgehead atoms. The van der Waals surface area contributed by atoms with Crippen LogP contribution >= 0.6 is 0 Å². The molecule has 0 aliphatic carbocycles. The number of fused-ring (bicyclic) bond motifs is 2. The van der Waals surface area contributed by atoms with Crippen LogP contribution in [-0.2, 0) is 19.5 Å². The molecule has 0 saturated carbocycles. The van der Waals surface area contributed by atoms with E-state index in [-0.39, 0.29) is 17.3 Å². The molecule has 0 spiro atoms. The highest BCUT2D eigenvalue weighted by Gasteiger charge is 2.22. The van der Waals surface area contributed by atoms with E-state index < -0.39 is 0 Å². The zero-order chi connectivity index (χ0) is 17.6. The first kappa shape index (κ1) is 16.0. The number of halogens is 1. The Morgan fingerprint density at radius 1 is 1.36 bits per heavy atom. The van der Waals surface area contributed by atoms with Crippen LogP contribution in [-0.4, -0.2) is 26.4 Å². The van der Waals surface area contributed by atoms with Gasteiger partial charge in [0, 0.05) is 48.2 Å². The minimum Gasteiger partial charge on any atom is -0.361 e. The van der Waals surface area contributed by atoms with E-state index in [0.717, 1.165) is 40.1 Å². The van der Waals surface area contributed by atoms with Gasteiger partial charge < -0.3 is 9.97 Å². The van der Waals surface area contributed by atoms with Gasteiger partial charge in [-0.05, 0) is 30.2 Å². The number of rotatable bonds is 3. The molecule has 2 N–H and O–H groups in total. The lowest BCUT2D eigenvalue weighted by molar-refractivity contribution is 0.240. The highest BCUT2D eigenvalue weighted by Crippen LogP contribution is 2.23. The number of nitrogens with zero attached hydrogens (tertiary/aromatic N) is 2. The molecule has 6 heteroatoms. The molecular formula is C19H21FN4O. The van der Waals surface area contributed by atoms with E-state index in [4.69, 9.17) is 0 Å². The molecule has 0 amide bonds. The second-order valence-electron chi connectivity index (χ2n) is 7.00. The molecular weight excluding hydrogens is 319 g/mol. The summed E-state index contributed by atoms with van der Waals surface area (Å²) < 4.78 is 13.6. The Labute approximate surface area is 144 Å². The summed E-state index contributed by atoms with van der Waals surface area (Å²) in [4.78, 5) is 25.3. The lowest BCUT2D eigenvalue weighted by Gasteiger charge is -2.27. The maximum Gasteiger partial charge on any atom is 0.254 e. The lowest BCUT2D eigenvalue weighted by Crippen LogP contribution is -2.35. The molecule has 1 aliphatic rings. The Bertz CT molecular complexity index is 989. The molecule has 3 heterocycles. The van der Waals surface area contributed by atoms with Crippen LogP contribution in [0.3, 0.4) is 0 Å². The fraction of sp³-hybridized carbons (Fsp3) is 0.368. The zero-order valence-electron chi connectivity index (χ0n) is 14.4. The Kier molecular flexibility index (Phi) is 3.92. The molecule has 0 atom stereocenters. The van der Waals surface area contributed by atoms with Crippen molar-refractivity contribution < 1.29 is 4.39 Å². The first-order valence-corrected chi connectivity index (χ1v) is 8.61. The molecule has 3 aromatic rings. The van der Waals surface area contributed by atoms with E-state index in [1.165, 1.54) is 6.07 Å². The van der Waals surface area contributed by atoms with E-state index in [0.29, 0.717) is 19.5 Å². The summed E-state index contributed by atoms with van der Waals surface area (Å²) in [6.07, 6.45) is 2.62. The fourth-order valence-corrected chi connectivity index (χ4v) is 3.44. The summed E-state index contributed by atoms with van der Waals surface area (Å²) in [5.74, 6) is 0.692. The van der Waals surface area contributed by atoms with Crippen molar-refractivity contribution in [2.75, 3.05) is 6.54 Å². The topological polar surface area (TPSA) is 64.8 Å². The van der Waals surface area contributed by atoms with Crippen LogP contribution in [0.2, 0.25) is 0 Å². The van der Waals surface area contributed by atoms with Gasteiger partial charge in [0.25, 0.3) is 5.56 Å². The summed E-state index contributed by atoms with van der Waals surface area (Å²) in [7, 11) is 0. The van der Waals surface area contributed by atoms with Crippen LogP contribution in [0.5, 0.6) is 0 Å². The largest absolute Gasteiger partial charge is 0.361 e. The lowest BCUT2D eigenvalue weighted by atomic mass is 10.0. The Hall–Kier alpha value is -2.47. The van der Waals surface area contributed by atoms with Crippen molar-refractivity contribution in [3.63, 3.8) is 0 Å². The molecule has 0 radical (unpaired) electrons. The number of aromatic amines is 2. The average molecular weight is 340 g/mol. The zero-order valence-corrected chi connectivity index (χ0v) is 14.4. The third-order valence-corrected chi connectivity index (χ3v) is 4.84. The van der Waals surface area contributed by atoms with Crippen molar-refractivity contribution in [3.05, 3.63) is 63.2 Å². The molecule has 1 aromatic carbocycles. The first-order chi connectivity index (χ1) is 12.0. The van der Waals surface area contributed by atoms with Gasteiger partial charge >= 0.3 is 0 Å². The van der Waals surface area contributed by atoms with Crippen molar-refractivity contribution >= 4 is 10.9 Å². The summed E-state index contributed by atoms with van der Waals surface area (Å²) in [6.45, 7) is 6.17. The van der Waals surface area contributed by atoms with Gasteiger partial charge in [-0.25, -0.2) is 9.37 Å². The van der Waals surface area contributed by atoms with E-state index in [9.17, 15) is 9.18 Å². The van der Waals surface area contributed by atoms with Gasteiger partial charge in [0.15, 0.2) is 0 Å². The molecule has 2 aromatic heterocycles. The van der Waals surface area contributed by atoms with Gasteiger partial charge in [0.2, 0.25) is 0 Å². The molecule has 4 rings (SSSR count). The number of nitrogens with one attached hydrogen (secondary N) is 2. The number of hydrogen-bond acceptors (Lipinski definition) is 3. The Morgan fingerprint density at radius 2 is 2.20 bits per heavy atom. The van der Waals surface area contributed by atoms with Crippen LogP contribution in [0, 0.1) is 5.82 Å². The number of hydrogen-bond donors (Lipinski definition) is 2. The number of benzene rings is 1. The fourth-order valence-electron chi connectivity index (χ4n) is 3.44. The highest BCUT2D eigenvalue weighted by atomic mass is 19.1. The van der Waals surface area contributed by atoms with E-state index in [2.05, 4.69) is 19.9 Å². The SMILES string of the molecule is CC(C)c1nc2c(c(=O)[nH]1)CCN(Cc1c[nH]c3ccc(F)cc13)C2. The summed E-state index contributed by atoms with van der Waals surface area (Å²) in [5.41, 5.74) is 3.65. The van der Waals surface area contributed by atoms with Crippen molar-refractivity contribution in [2.45, 2.75) is 39.3 Å². The summed E-state index contributed by atoms with van der Waals surface area (Å²) in [5, 5.41) is 0.910. The van der Waals surface area contributed by atoms with Gasteiger partial charge in [0.05, 0.1) is 5.69 Å². The first-order valence-electron chi connectivity index (χ1n) is 8.61. The monoisotopic (exact) mass is 340 g/mol. The van der Waals surface area contributed by atoms with Crippen molar-refractivity contribution in [1.29, 1.82) is 0 Å². The van der Waals surface area contributed by atoms with Crippen LogP contribution < -0.4 is 5.56 Å². The smallest absolute Gasteiger partial charge is 0.254 e. The Balaban J connectivity index is 1.62. The second kappa shape index (κ2) is 6.11. The van der Waals surface area contributed by atoms with Gasteiger partial charge in [-0.3, -0.25) is 9.69 Å². The quantitative estimate of drug-likeness (QED) is 0.770. The second-order valence-corrected chi connectivity index (χ2v) is 7.00. The molecule has 130 valence electrons. The minimum atomic E-state index is -0.230. The number of aromatic nitrogens is 3. The van der Waals surface area contributed by atoms with Crippen molar-refractivity contribution in [3.8, 4) is 0 Å². The van der Waals surface area contributed by atoms with Crippen molar-refractivity contribution in [1.82, 2.24) is 19.9 Å². The Morgan fingerprint density at radius 3 is 3.00 bits per heavy atom. The molecule has 1 aliphatic heterocycles. The summed E-state index contributed by atoms with van der Waals surface area (Å²) in [6, 6.07) is 4.79. The van der Waals surface area contributed by atoms with Gasteiger partial charge in [0.1, 0.15) is 11.6 Å². The van der Waals surface area contributed by atoms with Gasteiger partial charge in [-0.15, -0.1) is 0 Å². The van der Waals surface area contributed by atoms with Gasteiger partial charge in [-0.1, -0.05) is 13.8 Å². The standard InChI is InChI=1S/C19H21FN4O/c1-11(2)18-22-17-10-24(6-5-14(17)19(25)23-18)9-12-8-21-16-4-3-13(20)7-15(12)16/h3-4,7-8,11,21H,5-6,9-10H2,1-2H3,(H,22,23,25). The number of H-pyrrole nitrogens is 2.